The van der Waals surface area contributed by atoms with E-state index < -0.39 is 5.92 Å². The summed E-state index contributed by atoms with van der Waals surface area (Å²) < 4.78 is 11.4. The number of amides is 1. The van der Waals surface area contributed by atoms with Crippen molar-refractivity contribution in [2.75, 3.05) is 67.6 Å². The maximum Gasteiger partial charge on any atom is 0.207 e. The average Bonchev–Trinajstić information content (AvgIpc) is 3.31. The van der Waals surface area contributed by atoms with Crippen LogP contribution in [0, 0.1) is 12.8 Å². The molecule has 0 saturated carbocycles. The van der Waals surface area contributed by atoms with Gasteiger partial charge in [-0.2, -0.15) is 0 Å². The molecule has 1 saturated heterocycles. The van der Waals surface area contributed by atoms with Crippen LogP contribution in [-0.4, -0.2) is 96.4 Å². The van der Waals surface area contributed by atoms with Gasteiger partial charge in [0.05, 0.1) is 6.61 Å². The van der Waals surface area contributed by atoms with E-state index >= 15 is 0 Å². The van der Waals surface area contributed by atoms with Gasteiger partial charge in [-0.25, -0.2) is 0 Å². The van der Waals surface area contributed by atoms with Gasteiger partial charge in [-0.3, -0.25) is 9.59 Å². The normalized spacial score (nSPS) is 15.5. The lowest BCUT2D eigenvalue weighted by atomic mass is 9.91. The molecule has 1 heterocycles. The van der Waals surface area contributed by atoms with Crippen LogP contribution in [0.25, 0.3) is 6.08 Å². The highest BCUT2D eigenvalue weighted by Gasteiger charge is 2.26. The second-order valence-electron chi connectivity index (χ2n) is 10.4. The minimum Gasteiger partial charge on any atom is -0.492 e. The minimum absolute atomic E-state index is 0.136. The number of likely N-dealkylation sites (tertiary alicyclic amines) is 1. The first-order valence-corrected chi connectivity index (χ1v) is 15.9. The molecule has 0 spiro atoms. The van der Waals surface area contributed by atoms with Crippen molar-refractivity contribution in [2.24, 2.45) is 5.92 Å². The molecule has 1 unspecified atom stereocenters. The molecule has 2 rings (SSSR count). The van der Waals surface area contributed by atoms with E-state index in [1.54, 1.807) is 0 Å². The molecule has 0 bridgehead atoms. The Morgan fingerprint density at radius 1 is 1.11 bits per heavy atom. The van der Waals surface area contributed by atoms with Crippen LogP contribution in [0.2, 0.25) is 0 Å². The summed E-state index contributed by atoms with van der Waals surface area (Å²) in [7, 11) is 7.58. The molecule has 1 atom stereocenters. The molecule has 1 fully saturated rings. The van der Waals surface area contributed by atoms with E-state index in [0.29, 0.717) is 63.3 Å². The van der Waals surface area contributed by atoms with Crippen molar-refractivity contribution in [3.63, 3.8) is 0 Å². The van der Waals surface area contributed by atoms with E-state index in [1.165, 1.54) is 7.11 Å². The molecule has 0 aliphatic carbocycles. The zero-order chi connectivity index (χ0) is 34.4. The number of likely N-dealkylation sites (N-methyl/N-ethyl adjacent to an activating group) is 1. The van der Waals surface area contributed by atoms with Crippen molar-refractivity contribution in [2.45, 2.75) is 54.5 Å². The number of aldehydes is 2. The maximum atomic E-state index is 11.9. The van der Waals surface area contributed by atoms with Crippen LogP contribution in [-0.2, 0) is 25.7 Å². The Bertz CT molecular complexity index is 1170. The molecular formula is C36H58N4O5. The second kappa shape index (κ2) is 23.8. The minimum atomic E-state index is -0.411. The van der Waals surface area contributed by atoms with Crippen molar-refractivity contribution in [3.8, 4) is 5.75 Å². The fourth-order valence-electron chi connectivity index (χ4n) is 4.81. The predicted octanol–water partition coefficient (Wildman–Crippen LogP) is 4.96. The largest absolute Gasteiger partial charge is 0.492 e. The van der Waals surface area contributed by atoms with Gasteiger partial charge in [0.2, 0.25) is 6.41 Å². The standard InChI is InChI=1S/C32H46N4O5.2C2H6/c1-8-25(19-37)29(27(20-38)21-40-7)16-31-24(3)26(17-36(31)6)15-28-23(2)9-10-32(30(28)18-35(4)5)41-14-13-33-11-12-34-22-39;2*1-2/h9-10,15-16,19-20,22,25,33H,3,8,11-14,17-18,21H2,1-2,4-7H3,(H,34,39);2*1-2H3/b26-15-,29-27-,31-16-;;. The monoisotopic (exact) mass is 626 g/mol. The van der Waals surface area contributed by atoms with Gasteiger partial charge in [-0.05, 0) is 73.5 Å². The summed E-state index contributed by atoms with van der Waals surface area (Å²) in [6.45, 7) is 20.3. The van der Waals surface area contributed by atoms with E-state index in [2.05, 4.69) is 46.1 Å². The van der Waals surface area contributed by atoms with E-state index in [0.717, 1.165) is 51.9 Å². The summed E-state index contributed by atoms with van der Waals surface area (Å²) >= 11 is 0. The topological polar surface area (TPSA) is 100 Å². The van der Waals surface area contributed by atoms with Gasteiger partial charge in [-0.1, -0.05) is 47.3 Å². The Hall–Kier alpha value is -3.53. The number of rotatable bonds is 18. The molecule has 1 aliphatic rings. The van der Waals surface area contributed by atoms with Crippen LogP contribution in [0.1, 0.15) is 57.7 Å². The zero-order valence-electron chi connectivity index (χ0n) is 29.4. The smallest absolute Gasteiger partial charge is 0.207 e. The van der Waals surface area contributed by atoms with Crippen molar-refractivity contribution in [3.05, 3.63) is 69.5 Å². The van der Waals surface area contributed by atoms with E-state index in [1.807, 2.05) is 67.9 Å². The number of ether oxygens (including phenoxy) is 2. The molecule has 45 heavy (non-hydrogen) atoms. The number of aryl methyl sites for hydroxylation is 1. The number of hydrogen-bond donors (Lipinski definition) is 2. The van der Waals surface area contributed by atoms with Crippen LogP contribution in [0.3, 0.4) is 0 Å². The van der Waals surface area contributed by atoms with Crippen molar-refractivity contribution in [1.29, 1.82) is 0 Å². The van der Waals surface area contributed by atoms with Crippen LogP contribution < -0.4 is 15.4 Å². The van der Waals surface area contributed by atoms with Crippen LogP contribution >= 0.6 is 0 Å². The fourth-order valence-corrected chi connectivity index (χ4v) is 4.81. The lowest BCUT2D eigenvalue weighted by Crippen LogP contribution is -2.29. The van der Waals surface area contributed by atoms with Gasteiger partial charge in [0.25, 0.3) is 0 Å². The highest BCUT2D eigenvalue weighted by molar-refractivity contribution is 5.79. The molecule has 252 valence electrons. The summed E-state index contributed by atoms with van der Waals surface area (Å²) in [5, 5.41) is 5.89. The summed E-state index contributed by atoms with van der Waals surface area (Å²) in [5.74, 6) is 0.416. The maximum absolute atomic E-state index is 11.9. The second-order valence-corrected chi connectivity index (χ2v) is 10.4. The van der Waals surface area contributed by atoms with Gasteiger partial charge < -0.3 is 34.7 Å². The molecule has 0 radical (unpaired) electrons. The first-order valence-electron chi connectivity index (χ1n) is 15.9. The number of allylic oxidation sites excluding steroid dienone is 3. The van der Waals surface area contributed by atoms with Crippen LogP contribution in [0.4, 0.5) is 0 Å². The zero-order valence-corrected chi connectivity index (χ0v) is 29.4. The Labute approximate surface area is 272 Å². The van der Waals surface area contributed by atoms with Gasteiger partial charge in [0.15, 0.2) is 0 Å². The van der Waals surface area contributed by atoms with E-state index in [-0.39, 0.29) is 6.61 Å². The predicted molar refractivity (Wildman–Crippen MR) is 186 cm³/mol. The number of benzene rings is 1. The first-order chi connectivity index (χ1) is 21.7. The molecule has 9 nitrogen and oxygen atoms in total. The first kappa shape index (κ1) is 41.5. The Morgan fingerprint density at radius 3 is 2.36 bits per heavy atom. The van der Waals surface area contributed by atoms with Crippen LogP contribution in [0.5, 0.6) is 5.75 Å². The Balaban J connectivity index is 0.00000464. The lowest BCUT2D eigenvalue weighted by Gasteiger charge is -2.20. The number of carbonyl (C=O) groups is 3. The summed E-state index contributed by atoms with van der Waals surface area (Å²) in [6.07, 6.45) is 7.03. The molecule has 1 amide bonds. The molecule has 9 heteroatoms. The third-order valence-electron chi connectivity index (χ3n) is 7.02. The van der Waals surface area contributed by atoms with E-state index in [9.17, 15) is 14.4 Å². The molecule has 2 N–H and O–H groups in total. The van der Waals surface area contributed by atoms with Crippen LogP contribution in [0.15, 0.2) is 52.8 Å². The number of carbonyl (C=O) groups excluding carboxylic acids is 3. The molecule has 1 aromatic carbocycles. The molecule has 1 aromatic rings. The molecule has 1 aliphatic heterocycles. The number of nitrogens with zero attached hydrogens (tertiary/aromatic N) is 2. The third kappa shape index (κ3) is 13.2. The van der Waals surface area contributed by atoms with Gasteiger partial charge in [0.1, 0.15) is 24.9 Å². The van der Waals surface area contributed by atoms with Crippen molar-refractivity contribution >= 4 is 25.1 Å². The summed E-state index contributed by atoms with van der Waals surface area (Å²) in [5.41, 5.74) is 7.21. The quantitative estimate of drug-likeness (QED) is 0.134. The van der Waals surface area contributed by atoms with Gasteiger partial charge in [0, 0.05) is 69.6 Å². The average molecular weight is 627 g/mol. The Morgan fingerprint density at radius 2 is 1.80 bits per heavy atom. The van der Waals surface area contributed by atoms with Crippen molar-refractivity contribution < 1.29 is 23.9 Å². The Kier molecular flexibility index (Phi) is 21.9. The highest BCUT2D eigenvalue weighted by Crippen LogP contribution is 2.36. The van der Waals surface area contributed by atoms with Gasteiger partial charge >= 0.3 is 0 Å². The lowest BCUT2D eigenvalue weighted by molar-refractivity contribution is -0.110. The highest BCUT2D eigenvalue weighted by atomic mass is 16.5. The van der Waals surface area contributed by atoms with E-state index in [4.69, 9.17) is 9.47 Å². The fraction of sp³-hybridized carbons (Fsp3) is 0.528. The summed E-state index contributed by atoms with van der Waals surface area (Å²) in [4.78, 5) is 38.4. The molecular weight excluding hydrogens is 568 g/mol. The number of hydrogen-bond acceptors (Lipinski definition) is 8. The van der Waals surface area contributed by atoms with Crippen molar-refractivity contribution in [1.82, 2.24) is 20.4 Å². The molecule has 0 aromatic heterocycles. The SMILES string of the molecule is C=C1/C(=C/C(=C(\C=O)COC)C(C=O)CC)N(C)C/C1=C/c1c(C)ccc(OCCNCCNC=O)c1CN(C)C.CC.CC. The number of nitrogens with one attached hydrogen (secondary N) is 2. The number of methoxy groups -OCH3 is 1. The summed E-state index contributed by atoms with van der Waals surface area (Å²) in [6, 6.07) is 4.08. The van der Waals surface area contributed by atoms with Gasteiger partial charge in [-0.15, -0.1) is 0 Å². The third-order valence-corrected chi connectivity index (χ3v) is 7.02.